The van der Waals surface area contributed by atoms with Crippen molar-refractivity contribution in [3.8, 4) is 0 Å². The Kier molecular flexibility index (Phi) is 1.71. The lowest BCUT2D eigenvalue weighted by molar-refractivity contribution is -0.144. The van der Waals surface area contributed by atoms with Crippen LogP contribution in [0.4, 0.5) is 0 Å². The van der Waals surface area contributed by atoms with E-state index in [1.54, 1.807) is 0 Å². The van der Waals surface area contributed by atoms with Gasteiger partial charge in [-0.3, -0.25) is 4.79 Å². The zero-order chi connectivity index (χ0) is 6.85. The van der Waals surface area contributed by atoms with Gasteiger partial charge >= 0.3 is 5.97 Å². The van der Waals surface area contributed by atoms with Crippen molar-refractivity contribution in [2.45, 2.75) is 25.4 Å². The molecule has 0 aromatic carbocycles. The van der Waals surface area contributed by atoms with E-state index in [-0.39, 0.29) is 0 Å². The summed E-state index contributed by atoms with van der Waals surface area (Å²) in [5.74, 6) is -1.36. The normalized spacial score (nSPS) is 34.8. The van der Waals surface area contributed by atoms with Crippen LogP contribution in [0.5, 0.6) is 0 Å². The molecule has 3 heteroatoms. The molecule has 0 aromatic rings. The van der Waals surface area contributed by atoms with E-state index in [1.807, 2.05) is 0 Å². The monoisotopic (exact) mass is 130 g/mol. The van der Waals surface area contributed by atoms with Gasteiger partial charge in [0, 0.05) is 0 Å². The zero-order valence-corrected chi connectivity index (χ0v) is 5.08. The molecule has 1 fully saturated rings. The fraction of sp³-hybridized carbons (Fsp3) is 0.833. The van der Waals surface area contributed by atoms with Crippen LogP contribution in [0.3, 0.4) is 0 Å². The van der Waals surface area contributed by atoms with Crippen molar-refractivity contribution in [2.24, 2.45) is 5.92 Å². The van der Waals surface area contributed by atoms with Crippen LogP contribution in [0.2, 0.25) is 0 Å². The average molecular weight is 130 g/mol. The second-order valence-electron chi connectivity index (χ2n) is 2.44. The molecule has 0 bridgehead atoms. The van der Waals surface area contributed by atoms with Gasteiger partial charge in [-0.2, -0.15) is 0 Å². The van der Waals surface area contributed by atoms with Crippen molar-refractivity contribution >= 4 is 5.97 Å². The number of aliphatic carboxylic acids is 1. The molecule has 1 aliphatic rings. The Labute approximate surface area is 53.3 Å². The molecular weight excluding hydrogens is 120 g/mol. The summed E-state index contributed by atoms with van der Waals surface area (Å²) in [6.45, 7) is 0. The Balaban J connectivity index is 2.49. The van der Waals surface area contributed by atoms with Gasteiger partial charge in [0.25, 0.3) is 0 Å². The molecule has 2 atom stereocenters. The SMILES string of the molecule is O=C(O)C1CCC[C@H]1O. The smallest absolute Gasteiger partial charge is 0.309 e. The summed E-state index contributed by atoms with van der Waals surface area (Å²) in [5, 5.41) is 17.4. The predicted octanol–water partition coefficient (Wildman–Crippen LogP) is 0.232. The molecule has 2 N–H and O–H groups in total. The summed E-state index contributed by atoms with van der Waals surface area (Å²) in [6, 6.07) is 0. The van der Waals surface area contributed by atoms with Crippen LogP contribution in [-0.4, -0.2) is 22.3 Å². The molecule has 0 aliphatic heterocycles. The van der Waals surface area contributed by atoms with Gasteiger partial charge in [0.05, 0.1) is 12.0 Å². The van der Waals surface area contributed by atoms with Gasteiger partial charge in [-0.25, -0.2) is 0 Å². The highest BCUT2D eigenvalue weighted by Crippen LogP contribution is 2.25. The molecular formula is C6H10O3. The zero-order valence-electron chi connectivity index (χ0n) is 5.08. The third-order valence-electron chi connectivity index (χ3n) is 1.80. The minimum atomic E-state index is -0.861. The van der Waals surface area contributed by atoms with E-state index in [4.69, 9.17) is 10.2 Å². The Morgan fingerprint density at radius 2 is 2.11 bits per heavy atom. The first kappa shape index (κ1) is 6.55. The van der Waals surface area contributed by atoms with Gasteiger partial charge in [0.1, 0.15) is 0 Å². The lowest BCUT2D eigenvalue weighted by Crippen LogP contribution is -2.21. The summed E-state index contributed by atoms with van der Waals surface area (Å²) in [7, 11) is 0. The Hall–Kier alpha value is -0.570. The fourth-order valence-corrected chi connectivity index (χ4v) is 1.23. The summed E-state index contributed by atoms with van der Waals surface area (Å²) < 4.78 is 0. The fourth-order valence-electron chi connectivity index (χ4n) is 1.23. The van der Waals surface area contributed by atoms with E-state index in [1.165, 1.54) is 0 Å². The number of hydrogen-bond acceptors (Lipinski definition) is 2. The number of aliphatic hydroxyl groups excluding tert-OH is 1. The van der Waals surface area contributed by atoms with Crippen LogP contribution in [-0.2, 0) is 4.79 Å². The van der Waals surface area contributed by atoms with Crippen LogP contribution in [0.15, 0.2) is 0 Å². The second-order valence-corrected chi connectivity index (χ2v) is 2.44. The molecule has 1 rings (SSSR count). The molecule has 0 amide bonds. The third-order valence-corrected chi connectivity index (χ3v) is 1.80. The maximum atomic E-state index is 10.3. The minimum absolute atomic E-state index is 0.495. The number of carbonyl (C=O) groups is 1. The van der Waals surface area contributed by atoms with Crippen LogP contribution in [0.1, 0.15) is 19.3 Å². The van der Waals surface area contributed by atoms with Crippen LogP contribution in [0, 0.1) is 5.92 Å². The van der Waals surface area contributed by atoms with Crippen molar-refractivity contribution in [1.82, 2.24) is 0 Å². The van der Waals surface area contributed by atoms with E-state index in [0.29, 0.717) is 12.8 Å². The van der Waals surface area contributed by atoms with Gasteiger partial charge in [-0.15, -0.1) is 0 Å². The highest BCUT2D eigenvalue weighted by atomic mass is 16.4. The summed E-state index contributed by atoms with van der Waals surface area (Å²) in [6.07, 6.45) is 1.54. The van der Waals surface area contributed by atoms with Gasteiger partial charge in [0.2, 0.25) is 0 Å². The highest BCUT2D eigenvalue weighted by Gasteiger charge is 2.30. The molecule has 0 aromatic heterocycles. The van der Waals surface area contributed by atoms with Crippen LogP contribution < -0.4 is 0 Å². The first-order valence-corrected chi connectivity index (χ1v) is 3.12. The first-order valence-electron chi connectivity index (χ1n) is 3.12. The Bertz CT molecular complexity index is 121. The quantitative estimate of drug-likeness (QED) is 0.534. The summed E-state index contributed by atoms with van der Waals surface area (Å²) >= 11 is 0. The van der Waals surface area contributed by atoms with E-state index in [0.717, 1.165) is 6.42 Å². The summed E-state index contributed by atoms with van der Waals surface area (Å²) in [5.41, 5.74) is 0. The van der Waals surface area contributed by atoms with E-state index in [2.05, 4.69) is 0 Å². The molecule has 0 saturated heterocycles. The maximum absolute atomic E-state index is 10.3. The van der Waals surface area contributed by atoms with Crippen LogP contribution >= 0.6 is 0 Å². The molecule has 3 nitrogen and oxygen atoms in total. The number of carboxylic acid groups (broad SMARTS) is 1. The maximum Gasteiger partial charge on any atom is 0.309 e. The molecule has 0 radical (unpaired) electrons. The topological polar surface area (TPSA) is 57.5 Å². The molecule has 52 valence electrons. The summed E-state index contributed by atoms with van der Waals surface area (Å²) in [4.78, 5) is 10.3. The second kappa shape index (κ2) is 2.35. The van der Waals surface area contributed by atoms with Gasteiger partial charge in [0.15, 0.2) is 0 Å². The predicted molar refractivity (Wildman–Crippen MR) is 31.0 cm³/mol. The van der Waals surface area contributed by atoms with E-state index < -0.39 is 18.0 Å². The molecule has 1 unspecified atom stereocenters. The van der Waals surface area contributed by atoms with Crippen molar-refractivity contribution in [1.29, 1.82) is 0 Å². The molecule has 1 saturated carbocycles. The number of carboxylic acids is 1. The third kappa shape index (κ3) is 1.21. The Morgan fingerprint density at radius 3 is 2.33 bits per heavy atom. The standard InChI is InChI=1S/C6H10O3/c7-5-3-1-2-4(5)6(8)9/h4-5,7H,1-3H2,(H,8,9)/t4?,5-/m1/s1. The number of rotatable bonds is 1. The van der Waals surface area contributed by atoms with Gasteiger partial charge in [-0.05, 0) is 19.3 Å². The van der Waals surface area contributed by atoms with Crippen molar-refractivity contribution in [3.05, 3.63) is 0 Å². The largest absolute Gasteiger partial charge is 0.481 e. The first-order chi connectivity index (χ1) is 4.22. The van der Waals surface area contributed by atoms with E-state index >= 15 is 0 Å². The molecule has 9 heavy (non-hydrogen) atoms. The minimum Gasteiger partial charge on any atom is -0.481 e. The number of aliphatic hydroxyl groups is 1. The average Bonchev–Trinajstić information content (AvgIpc) is 2.13. The van der Waals surface area contributed by atoms with Crippen molar-refractivity contribution in [2.75, 3.05) is 0 Å². The van der Waals surface area contributed by atoms with Crippen molar-refractivity contribution < 1.29 is 15.0 Å². The van der Waals surface area contributed by atoms with Gasteiger partial charge in [-0.1, -0.05) is 0 Å². The van der Waals surface area contributed by atoms with Crippen molar-refractivity contribution in [3.63, 3.8) is 0 Å². The number of hydrogen-bond donors (Lipinski definition) is 2. The molecule has 1 aliphatic carbocycles. The Morgan fingerprint density at radius 1 is 1.44 bits per heavy atom. The highest BCUT2D eigenvalue weighted by molar-refractivity contribution is 5.71. The van der Waals surface area contributed by atoms with Crippen LogP contribution in [0.25, 0.3) is 0 Å². The van der Waals surface area contributed by atoms with E-state index in [9.17, 15) is 4.79 Å². The lowest BCUT2D eigenvalue weighted by atomic mass is 10.1. The molecule has 0 heterocycles. The lowest BCUT2D eigenvalue weighted by Gasteiger charge is -2.06. The molecule has 0 spiro atoms. The van der Waals surface area contributed by atoms with Gasteiger partial charge < -0.3 is 10.2 Å².